The molecule has 2 fully saturated rings. The van der Waals surface area contributed by atoms with E-state index in [0.29, 0.717) is 37.8 Å². The van der Waals surface area contributed by atoms with E-state index in [-0.39, 0.29) is 34.2 Å². The van der Waals surface area contributed by atoms with E-state index in [1.165, 1.54) is 0 Å². The molecule has 0 radical (unpaired) electrons. The number of nitrogens with one attached hydrogen (secondary N) is 1. The lowest BCUT2D eigenvalue weighted by Crippen LogP contribution is -2.53. The highest BCUT2D eigenvalue weighted by molar-refractivity contribution is 6.74. The number of amides is 3. The Hall–Kier alpha value is -0.746. The van der Waals surface area contributed by atoms with E-state index in [0.717, 1.165) is 0 Å². The molecular weight excluding hydrogens is 464 g/mol. The molecule has 0 aliphatic carbocycles. The normalized spacial score (nSPS) is 25.5. The monoisotopic (exact) mass is 514 g/mol. The van der Waals surface area contributed by atoms with Gasteiger partial charge in [-0.3, -0.25) is 15.0 Å². The van der Waals surface area contributed by atoms with Crippen LogP contribution in [0.15, 0.2) is 0 Å². The SMILES string of the molecule is CC(C)C(C)(C)[Si](C)(C)OC[C@H]1O[C@@H](N2CCC(=O)NC2=O)C[C@@H]1O[Si](C)(C)C(C)(C)C(C)C. The van der Waals surface area contributed by atoms with Crippen LogP contribution in [0.2, 0.25) is 36.3 Å². The summed E-state index contributed by atoms with van der Waals surface area (Å²) in [5, 5.41) is 2.59. The summed E-state index contributed by atoms with van der Waals surface area (Å²) in [7, 11) is -4.18. The first-order chi connectivity index (χ1) is 15.3. The summed E-state index contributed by atoms with van der Waals surface area (Å²) in [5.41, 5.74) is 0. The molecule has 2 aliphatic rings. The van der Waals surface area contributed by atoms with Crippen molar-refractivity contribution < 1.29 is 23.2 Å². The van der Waals surface area contributed by atoms with Crippen molar-refractivity contribution in [3.8, 4) is 0 Å². The van der Waals surface area contributed by atoms with E-state index in [1.54, 1.807) is 4.90 Å². The van der Waals surface area contributed by atoms with Crippen LogP contribution in [0.25, 0.3) is 0 Å². The first kappa shape index (κ1) is 29.5. The van der Waals surface area contributed by atoms with Gasteiger partial charge < -0.3 is 13.6 Å². The highest BCUT2D eigenvalue weighted by Crippen LogP contribution is 2.47. The van der Waals surface area contributed by atoms with E-state index in [9.17, 15) is 9.59 Å². The minimum Gasteiger partial charge on any atom is -0.414 e. The smallest absolute Gasteiger partial charge is 0.326 e. The number of carbonyl (C=O) groups excluding carboxylic acids is 2. The predicted octanol–water partition coefficient (Wildman–Crippen LogP) is 5.73. The number of hydrogen-bond donors (Lipinski definition) is 1. The van der Waals surface area contributed by atoms with Crippen LogP contribution < -0.4 is 5.32 Å². The molecule has 2 rings (SSSR count). The van der Waals surface area contributed by atoms with Crippen LogP contribution in [0.1, 0.15) is 68.2 Å². The van der Waals surface area contributed by atoms with Gasteiger partial charge in [0.1, 0.15) is 12.3 Å². The molecule has 0 spiro atoms. The standard InChI is InChI=1S/C25H50N2O5Si2/c1-17(2)24(5,6)33(9,10)30-16-20-19(32-34(11,12)25(7,8)18(3)4)15-22(31-20)27-14-13-21(28)26-23(27)29/h17-20,22H,13-16H2,1-12H3,(H,26,28,29)/t19-,20+,22+/m0/s1. The van der Waals surface area contributed by atoms with Crippen molar-refractivity contribution in [3.63, 3.8) is 0 Å². The van der Waals surface area contributed by atoms with Crippen LogP contribution in [-0.4, -0.2) is 65.1 Å². The van der Waals surface area contributed by atoms with Crippen LogP contribution >= 0.6 is 0 Å². The minimum atomic E-state index is -2.13. The second kappa shape index (κ2) is 10.3. The Morgan fingerprint density at radius 1 is 1.00 bits per heavy atom. The fourth-order valence-electron chi connectivity index (χ4n) is 4.42. The lowest BCUT2D eigenvalue weighted by molar-refractivity contribution is -0.123. The number of ether oxygens (including phenoxy) is 1. The third-order valence-corrected chi connectivity index (χ3v) is 18.8. The van der Waals surface area contributed by atoms with Crippen molar-refractivity contribution in [1.29, 1.82) is 0 Å². The largest absolute Gasteiger partial charge is 0.414 e. The fourth-order valence-corrected chi connectivity index (χ4v) is 9.46. The summed E-state index contributed by atoms with van der Waals surface area (Å²) in [5.74, 6) is 0.757. The topological polar surface area (TPSA) is 77.1 Å². The van der Waals surface area contributed by atoms with Crippen molar-refractivity contribution >= 4 is 28.6 Å². The molecule has 198 valence electrons. The van der Waals surface area contributed by atoms with E-state index in [4.69, 9.17) is 13.6 Å². The second-order valence-corrected chi connectivity index (χ2v) is 22.0. The lowest BCUT2D eigenvalue weighted by Gasteiger charge is -2.45. The predicted molar refractivity (Wildman–Crippen MR) is 142 cm³/mol. The van der Waals surface area contributed by atoms with E-state index in [2.05, 4.69) is 86.9 Å². The van der Waals surface area contributed by atoms with Crippen molar-refractivity contribution in [1.82, 2.24) is 10.2 Å². The molecule has 0 aromatic heterocycles. The second-order valence-electron chi connectivity index (χ2n) is 12.9. The van der Waals surface area contributed by atoms with Crippen molar-refractivity contribution in [3.05, 3.63) is 0 Å². The van der Waals surface area contributed by atoms with Gasteiger partial charge in [0, 0.05) is 19.4 Å². The highest BCUT2D eigenvalue weighted by atomic mass is 28.4. The molecule has 7 nitrogen and oxygen atoms in total. The van der Waals surface area contributed by atoms with Crippen molar-refractivity contribution in [2.24, 2.45) is 11.8 Å². The summed E-state index contributed by atoms with van der Waals surface area (Å²) in [4.78, 5) is 25.8. The van der Waals surface area contributed by atoms with Gasteiger partial charge in [0.25, 0.3) is 0 Å². The van der Waals surface area contributed by atoms with E-state index < -0.39 is 22.9 Å². The number of hydrogen-bond acceptors (Lipinski definition) is 5. The van der Waals surface area contributed by atoms with Gasteiger partial charge in [-0.25, -0.2) is 4.79 Å². The van der Waals surface area contributed by atoms with Crippen LogP contribution in [0.3, 0.4) is 0 Å². The molecule has 3 atom stereocenters. The molecule has 3 amide bonds. The molecule has 1 N–H and O–H groups in total. The number of urea groups is 1. The maximum absolute atomic E-state index is 12.5. The van der Waals surface area contributed by atoms with Gasteiger partial charge >= 0.3 is 6.03 Å². The summed E-state index contributed by atoms with van der Waals surface area (Å²) in [6.45, 7) is 28.2. The van der Waals surface area contributed by atoms with E-state index in [1.807, 2.05) is 0 Å². The van der Waals surface area contributed by atoms with Gasteiger partial charge in [-0.1, -0.05) is 55.4 Å². The molecule has 0 bridgehead atoms. The molecule has 2 aliphatic heterocycles. The Labute approximate surface area is 209 Å². The molecule has 2 saturated heterocycles. The lowest BCUT2D eigenvalue weighted by atomic mass is 9.99. The number of carbonyl (C=O) groups is 2. The molecular formula is C25H50N2O5Si2. The maximum Gasteiger partial charge on any atom is 0.326 e. The van der Waals surface area contributed by atoms with Gasteiger partial charge in [0.15, 0.2) is 16.6 Å². The average molecular weight is 515 g/mol. The third kappa shape index (κ3) is 5.96. The zero-order valence-electron chi connectivity index (χ0n) is 23.7. The zero-order chi connectivity index (χ0) is 26.3. The Balaban J connectivity index is 2.25. The van der Waals surface area contributed by atoms with Crippen LogP contribution in [-0.2, 0) is 18.4 Å². The van der Waals surface area contributed by atoms with Gasteiger partial charge in [-0.15, -0.1) is 0 Å². The molecule has 0 unspecified atom stereocenters. The Morgan fingerprint density at radius 2 is 1.53 bits per heavy atom. The quantitative estimate of drug-likeness (QED) is 0.377. The highest BCUT2D eigenvalue weighted by Gasteiger charge is 2.50. The molecule has 0 aromatic rings. The Kier molecular flexibility index (Phi) is 8.95. The first-order valence-corrected chi connectivity index (χ1v) is 18.7. The summed E-state index contributed by atoms with van der Waals surface area (Å²) in [6, 6.07) is -0.378. The fraction of sp³-hybridized carbons (Fsp3) is 0.920. The molecule has 0 aromatic carbocycles. The molecule has 0 saturated carbocycles. The average Bonchev–Trinajstić information content (AvgIpc) is 3.07. The summed E-state index contributed by atoms with van der Waals surface area (Å²) >= 11 is 0. The molecule has 2 heterocycles. The number of rotatable bonds is 10. The summed E-state index contributed by atoms with van der Waals surface area (Å²) in [6.07, 6.45) is 0.0700. The zero-order valence-corrected chi connectivity index (χ0v) is 25.7. The first-order valence-electron chi connectivity index (χ1n) is 12.9. The minimum absolute atomic E-state index is 0.0685. The van der Waals surface area contributed by atoms with Crippen LogP contribution in [0, 0.1) is 11.8 Å². The number of nitrogens with zero attached hydrogens (tertiary/aromatic N) is 1. The van der Waals surface area contributed by atoms with Crippen molar-refractivity contribution in [2.45, 2.75) is 123 Å². The van der Waals surface area contributed by atoms with Gasteiger partial charge in [0.2, 0.25) is 5.91 Å². The third-order valence-electron chi connectivity index (χ3n) is 9.66. The van der Waals surface area contributed by atoms with E-state index >= 15 is 0 Å². The number of imide groups is 1. The Bertz CT molecular complexity index is 752. The van der Waals surface area contributed by atoms with Gasteiger partial charge in [0.05, 0.1) is 12.7 Å². The van der Waals surface area contributed by atoms with Crippen LogP contribution in [0.5, 0.6) is 0 Å². The van der Waals surface area contributed by atoms with Crippen molar-refractivity contribution in [2.75, 3.05) is 13.2 Å². The molecule has 34 heavy (non-hydrogen) atoms. The maximum atomic E-state index is 12.5. The van der Waals surface area contributed by atoms with Gasteiger partial charge in [-0.05, 0) is 48.1 Å². The van der Waals surface area contributed by atoms with Crippen LogP contribution in [0.4, 0.5) is 4.79 Å². The Morgan fingerprint density at radius 3 is 2.03 bits per heavy atom. The molecule has 9 heteroatoms. The summed E-state index contributed by atoms with van der Waals surface area (Å²) < 4.78 is 20.1. The van der Waals surface area contributed by atoms with Gasteiger partial charge in [-0.2, -0.15) is 0 Å².